The lowest BCUT2D eigenvalue weighted by Crippen LogP contribution is -2.39. The summed E-state index contributed by atoms with van der Waals surface area (Å²) < 4.78 is 13.0. The molecule has 0 fully saturated rings. The van der Waals surface area contributed by atoms with Crippen LogP contribution < -0.4 is 14.9 Å². The smallest absolute Gasteiger partial charge is 0.338 e. The van der Waals surface area contributed by atoms with Crippen molar-refractivity contribution < 1.29 is 18.9 Å². The third-order valence-electron chi connectivity index (χ3n) is 6.15. The van der Waals surface area contributed by atoms with Crippen molar-refractivity contribution in [2.24, 2.45) is 4.99 Å². The van der Waals surface area contributed by atoms with Crippen molar-refractivity contribution in [2.45, 2.75) is 26.8 Å². The fourth-order valence-electron chi connectivity index (χ4n) is 4.45. The molecule has 0 bridgehead atoms. The number of rotatable bonds is 6. The van der Waals surface area contributed by atoms with E-state index in [2.05, 4.69) is 4.99 Å². The maximum atomic E-state index is 13.7. The molecule has 3 heterocycles. The number of carbonyl (C=O) groups excluding carboxylic acids is 1. The number of nitro groups is 1. The zero-order valence-corrected chi connectivity index (χ0v) is 21.7. The highest BCUT2D eigenvalue weighted by atomic mass is 32.1. The van der Waals surface area contributed by atoms with Crippen LogP contribution in [0.5, 0.6) is 0 Å². The highest BCUT2D eigenvalue weighted by Gasteiger charge is 2.33. The number of hydrogen-bond acceptors (Lipinski definition) is 8. The number of nitrogens with zero attached hydrogens (tertiary/aromatic N) is 3. The second kappa shape index (κ2) is 10.1. The van der Waals surface area contributed by atoms with E-state index in [4.69, 9.17) is 9.15 Å². The maximum Gasteiger partial charge on any atom is 0.338 e. The summed E-state index contributed by atoms with van der Waals surface area (Å²) >= 11 is 1.17. The number of allylic oxidation sites excluding steroid dienone is 1. The van der Waals surface area contributed by atoms with E-state index in [1.807, 2.05) is 30.3 Å². The van der Waals surface area contributed by atoms with Gasteiger partial charge in [-0.2, -0.15) is 0 Å². The highest BCUT2D eigenvalue weighted by Crippen LogP contribution is 2.33. The molecule has 0 amide bonds. The van der Waals surface area contributed by atoms with Crippen LogP contribution in [0.3, 0.4) is 0 Å². The maximum absolute atomic E-state index is 13.7. The average Bonchev–Trinajstić information content (AvgIpc) is 3.48. The zero-order chi connectivity index (χ0) is 27.0. The molecule has 0 radical (unpaired) electrons. The van der Waals surface area contributed by atoms with Gasteiger partial charge in [-0.1, -0.05) is 47.7 Å². The first-order chi connectivity index (χ1) is 18.3. The summed E-state index contributed by atoms with van der Waals surface area (Å²) in [6, 6.07) is 16.8. The second-order valence-electron chi connectivity index (χ2n) is 8.69. The van der Waals surface area contributed by atoms with Gasteiger partial charge in [-0.3, -0.25) is 19.5 Å². The lowest BCUT2D eigenvalue weighted by molar-refractivity contribution is -0.384. The molecule has 1 unspecified atom stereocenters. The summed E-state index contributed by atoms with van der Waals surface area (Å²) in [6.45, 7) is 5.43. The number of thiazole rings is 1. The first kappa shape index (κ1) is 25.1. The van der Waals surface area contributed by atoms with E-state index in [0.717, 1.165) is 11.1 Å². The molecule has 0 aliphatic carbocycles. The van der Waals surface area contributed by atoms with Crippen molar-refractivity contribution in [3.05, 3.63) is 119 Å². The summed E-state index contributed by atoms with van der Waals surface area (Å²) in [5.41, 5.74) is 2.26. The van der Waals surface area contributed by atoms with E-state index in [1.165, 1.54) is 22.0 Å². The lowest BCUT2D eigenvalue weighted by Gasteiger charge is -2.24. The Bertz CT molecular complexity index is 1780. The van der Waals surface area contributed by atoms with Crippen LogP contribution in [0, 0.1) is 17.0 Å². The number of furan rings is 1. The molecule has 192 valence electrons. The van der Waals surface area contributed by atoms with Crippen molar-refractivity contribution in [3.8, 4) is 11.3 Å². The molecule has 0 N–H and O–H groups in total. The van der Waals surface area contributed by atoms with E-state index in [1.54, 1.807) is 51.1 Å². The summed E-state index contributed by atoms with van der Waals surface area (Å²) in [6.07, 6.45) is 1.58. The Morgan fingerprint density at radius 3 is 2.66 bits per heavy atom. The van der Waals surface area contributed by atoms with Crippen LogP contribution in [0.4, 0.5) is 5.69 Å². The predicted molar refractivity (Wildman–Crippen MR) is 142 cm³/mol. The molecule has 0 saturated heterocycles. The van der Waals surface area contributed by atoms with Gasteiger partial charge in [-0.25, -0.2) is 9.79 Å². The highest BCUT2D eigenvalue weighted by molar-refractivity contribution is 7.07. The monoisotopic (exact) mass is 529 g/mol. The molecule has 2 aromatic heterocycles. The van der Waals surface area contributed by atoms with E-state index in [-0.39, 0.29) is 17.9 Å². The predicted octanol–water partition coefficient (Wildman–Crippen LogP) is 4.27. The number of nitro benzene ring substituents is 1. The normalized spacial score (nSPS) is 15.2. The summed E-state index contributed by atoms with van der Waals surface area (Å²) in [7, 11) is 0. The van der Waals surface area contributed by atoms with Gasteiger partial charge in [0.1, 0.15) is 11.5 Å². The van der Waals surface area contributed by atoms with Crippen molar-refractivity contribution in [1.29, 1.82) is 0 Å². The third kappa shape index (κ3) is 4.50. The molecule has 4 aromatic rings. The molecule has 38 heavy (non-hydrogen) atoms. The standard InChI is InChI=1S/C28H23N3O6S/c1-4-36-27(33)24-17(3)29-28-30(25(24)18-8-6-5-7-9-18)26(32)23(38-28)15-19-11-13-22(37-19)20-12-10-16(2)14-21(20)31(34)35/h5-15,25H,4H2,1-3H3. The summed E-state index contributed by atoms with van der Waals surface area (Å²) in [5, 5.41) is 11.6. The molecule has 0 saturated carbocycles. The first-order valence-electron chi connectivity index (χ1n) is 11.9. The van der Waals surface area contributed by atoms with Gasteiger partial charge in [0, 0.05) is 12.1 Å². The topological polar surface area (TPSA) is 117 Å². The molecule has 2 aromatic carbocycles. The fraction of sp³-hybridized carbons (Fsp3) is 0.179. The zero-order valence-electron chi connectivity index (χ0n) is 20.8. The van der Waals surface area contributed by atoms with Gasteiger partial charge in [0.25, 0.3) is 11.2 Å². The minimum absolute atomic E-state index is 0.0601. The number of hydrogen-bond donors (Lipinski definition) is 0. The molecule has 1 aliphatic heterocycles. The molecule has 10 heteroatoms. The van der Waals surface area contributed by atoms with Crippen LogP contribution >= 0.6 is 11.3 Å². The Kier molecular flexibility index (Phi) is 6.64. The van der Waals surface area contributed by atoms with Gasteiger partial charge in [-0.05, 0) is 50.1 Å². The molecule has 1 atom stereocenters. The molecule has 5 rings (SSSR count). The quantitative estimate of drug-likeness (QED) is 0.209. The van der Waals surface area contributed by atoms with Gasteiger partial charge in [0.15, 0.2) is 4.80 Å². The minimum atomic E-state index is -0.698. The minimum Gasteiger partial charge on any atom is -0.463 e. The fourth-order valence-corrected chi connectivity index (χ4v) is 5.47. The Labute approximate surface area is 220 Å². The van der Waals surface area contributed by atoms with E-state index in [9.17, 15) is 19.7 Å². The Morgan fingerprint density at radius 2 is 1.95 bits per heavy atom. The van der Waals surface area contributed by atoms with Crippen LogP contribution in [-0.4, -0.2) is 22.1 Å². The first-order valence-corrected chi connectivity index (χ1v) is 12.7. The lowest BCUT2D eigenvalue weighted by atomic mass is 9.96. The molecule has 1 aliphatic rings. The number of aromatic nitrogens is 1. The molecule has 0 spiro atoms. The summed E-state index contributed by atoms with van der Waals surface area (Å²) in [4.78, 5) is 42.7. The van der Waals surface area contributed by atoms with Gasteiger partial charge in [0.2, 0.25) is 0 Å². The number of fused-ring (bicyclic) bond motifs is 1. The van der Waals surface area contributed by atoms with Gasteiger partial charge in [-0.15, -0.1) is 0 Å². The van der Waals surface area contributed by atoms with Crippen molar-refractivity contribution in [3.63, 3.8) is 0 Å². The second-order valence-corrected chi connectivity index (χ2v) is 9.70. The number of esters is 1. The van der Waals surface area contributed by atoms with Crippen LogP contribution in [0.2, 0.25) is 0 Å². The summed E-state index contributed by atoms with van der Waals surface area (Å²) in [5.74, 6) is 0.156. The van der Waals surface area contributed by atoms with E-state index in [0.29, 0.717) is 37.7 Å². The SMILES string of the molecule is CCOC(=O)C1=C(C)N=c2sc(=Cc3ccc(-c4ccc(C)cc4[N+](=O)[O-])o3)c(=O)n2C1c1ccccc1. The van der Waals surface area contributed by atoms with Gasteiger partial charge < -0.3 is 9.15 Å². The molecular weight excluding hydrogens is 506 g/mol. The number of benzene rings is 2. The van der Waals surface area contributed by atoms with Crippen molar-refractivity contribution in [1.82, 2.24) is 4.57 Å². The van der Waals surface area contributed by atoms with Crippen molar-refractivity contribution in [2.75, 3.05) is 6.61 Å². The Balaban J connectivity index is 1.63. The van der Waals surface area contributed by atoms with Gasteiger partial charge >= 0.3 is 5.97 Å². The Hall–Kier alpha value is -4.57. The number of carbonyl (C=O) groups is 1. The number of ether oxygens (including phenoxy) is 1. The average molecular weight is 530 g/mol. The van der Waals surface area contributed by atoms with Crippen LogP contribution in [0.25, 0.3) is 17.4 Å². The van der Waals surface area contributed by atoms with Crippen LogP contribution in [0.15, 0.2) is 86.1 Å². The number of aryl methyl sites for hydroxylation is 1. The molecular formula is C28H23N3O6S. The van der Waals surface area contributed by atoms with E-state index < -0.39 is 16.9 Å². The van der Waals surface area contributed by atoms with Crippen LogP contribution in [0.1, 0.15) is 36.8 Å². The van der Waals surface area contributed by atoms with Gasteiger partial charge in [0.05, 0.1) is 38.9 Å². The van der Waals surface area contributed by atoms with E-state index >= 15 is 0 Å². The van der Waals surface area contributed by atoms with Crippen LogP contribution in [-0.2, 0) is 9.53 Å². The van der Waals surface area contributed by atoms with Crippen molar-refractivity contribution >= 4 is 29.1 Å². The molecule has 9 nitrogen and oxygen atoms in total. The third-order valence-corrected chi connectivity index (χ3v) is 7.13. The Morgan fingerprint density at radius 1 is 1.18 bits per heavy atom. The largest absolute Gasteiger partial charge is 0.463 e.